The topological polar surface area (TPSA) is 45.2 Å². The van der Waals surface area contributed by atoms with Crippen molar-refractivity contribution in [3.8, 4) is 0 Å². The van der Waals surface area contributed by atoms with E-state index >= 15 is 0 Å². The molecule has 1 aromatic heterocycles. The van der Waals surface area contributed by atoms with E-state index in [0.29, 0.717) is 6.54 Å². The van der Waals surface area contributed by atoms with Crippen molar-refractivity contribution in [3.63, 3.8) is 0 Å². The summed E-state index contributed by atoms with van der Waals surface area (Å²) in [5, 5.41) is 6.04. The molecule has 1 aliphatic heterocycles. The molecule has 0 atom stereocenters. The smallest absolute Gasteiger partial charge is 0.255 e. The van der Waals surface area contributed by atoms with Gasteiger partial charge < -0.3 is 10.2 Å². The van der Waals surface area contributed by atoms with E-state index < -0.39 is 0 Å². The fraction of sp³-hybridized carbons (Fsp3) is 0.515. The second-order valence-electron chi connectivity index (χ2n) is 14.5. The minimum absolute atomic E-state index is 0.00149. The molecule has 1 aliphatic rings. The Morgan fingerprint density at radius 3 is 2.08 bits per heavy atom. The molecule has 0 saturated carbocycles. The van der Waals surface area contributed by atoms with E-state index in [2.05, 4.69) is 118 Å². The van der Waals surface area contributed by atoms with Crippen molar-refractivity contribution in [2.45, 2.75) is 111 Å². The van der Waals surface area contributed by atoms with Gasteiger partial charge in [0.05, 0.1) is 0 Å². The number of amides is 1. The van der Waals surface area contributed by atoms with E-state index in [1.54, 1.807) is 0 Å². The number of nitrogens with zero attached hydrogens (tertiary/aromatic N) is 2. The SMILES string of the molecule is CC(C)(Cc1cc(C(C)(C)C)cc2c1C(=O)N(C(C)(C)C)C2)Nc1nccc2cc(C(C)(C)C)ccc12. The molecular formula is C33H45N3O. The molecule has 0 saturated heterocycles. The second-order valence-corrected chi connectivity index (χ2v) is 14.5. The number of hydrogen-bond donors (Lipinski definition) is 1. The molecule has 0 fully saturated rings. The highest BCUT2D eigenvalue weighted by Gasteiger charge is 2.38. The highest BCUT2D eigenvalue weighted by atomic mass is 16.2. The molecule has 0 bridgehead atoms. The lowest BCUT2D eigenvalue weighted by atomic mass is 9.81. The first-order valence-corrected chi connectivity index (χ1v) is 13.5. The summed E-state index contributed by atoms with van der Waals surface area (Å²) in [7, 11) is 0. The zero-order valence-corrected chi connectivity index (χ0v) is 24.8. The van der Waals surface area contributed by atoms with Crippen LogP contribution in [0.4, 0.5) is 5.82 Å². The number of benzene rings is 2. The van der Waals surface area contributed by atoms with Gasteiger partial charge in [-0.1, -0.05) is 71.9 Å². The average Bonchev–Trinajstić information content (AvgIpc) is 3.09. The van der Waals surface area contributed by atoms with Crippen LogP contribution in [-0.2, 0) is 23.8 Å². The van der Waals surface area contributed by atoms with Gasteiger partial charge in [-0.05, 0) is 85.6 Å². The molecule has 3 aromatic rings. The maximum Gasteiger partial charge on any atom is 0.255 e. The van der Waals surface area contributed by atoms with Crippen LogP contribution in [0.1, 0.15) is 109 Å². The van der Waals surface area contributed by atoms with Gasteiger partial charge in [-0.3, -0.25) is 4.79 Å². The number of anilines is 1. The number of pyridine rings is 1. The number of aromatic nitrogens is 1. The van der Waals surface area contributed by atoms with Crippen LogP contribution in [0.3, 0.4) is 0 Å². The summed E-state index contributed by atoms with van der Waals surface area (Å²) in [6.45, 7) is 24.9. The molecule has 2 aromatic carbocycles. The number of fused-ring (bicyclic) bond motifs is 2. The monoisotopic (exact) mass is 499 g/mol. The van der Waals surface area contributed by atoms with Crippen molar-refractivity contribution in [2.75, 3.05) is 5.32 Å². The second kappa shape index (κ2) is 8.85. The average molecular weight is 500 g/mol. The lowest BCUT2D eigenvalue weighted by molar-refractivity contribution is 0.0609. The van der Waals surface area contributed by atoms with Crippen LogP contribution < -0.4 is 5.32 Å². The molecule has 0 spiro atoms. The van der Waals surface area contributed by atoms with Gasteiger partial charge in [0.1, 0.15) is 5.82 Å². The van der Waals surface area contributed by atoms with Crippen molar-refractivity contribution in [1.29, 1.82) is 0 Å². The number of hydrogen-bond acceptors (Lipinski definition) is 3. The van der Waals surface area contributed by atoms with Crippen molar-refractivity contribution >= 4 is 22.5 Å². The fourth-order valence-electron chi connectivity index (χ4n) is 5.24. The number of carbonyl (C=O) groups is 1. The zero-order valence-electron chi connectivity index (χ0n) is 24.8. The highest BCUT2D eigenvalue weighted by molar-refractivity contribution is 6.00. The molecule has 1 N–H and O–H groups in total. The van der Waals surface area contributed by atoms with Crippen molar-refractivity contribution < 1.29 is 4.79 Å². The molecule has 37 heavy (non-hydrogen) atoms. The van der Waals surface area contributed by atoms with E-state index in [4.69, 9.17) is 4.98 Å². The molecule has 0 aliphatic carbocycles. The van der Waals surface area contributed by atoms with E-state index in [0.717, 1.165) is 34.3 Å². The summed E-state index contributed by atoms with van der Waals surface area (Å²) in [5.41, 5.74) is 5.30. The molecule has 2 heterocycles. The van der Waals surface area contributed by atoms with Gasteiger partial charge in [0.25, 0.3) is 5.91 Å². The summed E-state index contributed by atoms with van der Waals surface area (Å²) in [6, 6.07) is 13.3. The molecule has 0 unspecified atom stereocenters. The van der Waals surface area contributed by atoms with Crippen molar-refractivity contribution in [3.05, 3.63) is 70.4 Å². The predicted octanol–water partition coefficient (Wildman–Crippen LogP) is 8.02. The van der Waals surface area contributed by atoms with Gasteiger partial charge in [-0.2, -0.15) is 0 Å². The maximum atomic E-state index is 13.7. The lowest BCUT2D eigenvalue weighted by Gasteiger charge is -2.32. The fourth-order valence-corrected chi connectivity index (χ4v) is 5.24. The van der Waals surface area contributed by atoms with Gasteiger partial charge in [-0.15, -0.1) is 0 Å². The quantitative estimate of drug-likeness (QED) is 0.395. The Bertz CT molecular complexity index is 1350. The summed E-state index contributed by atoms with van der Waals surface area (Å²) in [4.78, 5) is 20.4. The third-order valence-electron chi connectivity index (χ3n) is 7.48. The van der Waals surface area contributed by atoms with E-state index in [9.17, 15) is 4.79 Å². The van der Waals surface area contributed by atoms with Crippen LogP contribution in [0.15, 0.2) is 42.6 Å². The van der Waals surface area contributed by atoms with Crippen molar-refractivity contribution in [1.82, 2.24) is 9.88 Å². The van der Waals surface area contributed by atoms with Gasteiger partial charge >= 0.3 is 0 Å². The van der Waals surface area contributed by atoms with Crippen LogP contribution >= 0.6 is 0 Å². The molecule has 1 amide bonds. The maximum absolute atomic E-state index is 13.7. The lowest BCUT2D eigenvalue weighted by Crippen LogP contribution is -2.41. The van der Waals surface area contributed by atoms with E-state index in [1.165, 1.54) is 16.5 Å². The minimum Gasteiger partial charge on any atom is -0.364 e. The van der Waals surface area contributed by atoms with Gasteiger partial charge in [0.15, 0.2) is 0 Å². The first-order valence-electron chi connectivity index (χ1n) is 13.5. The van der Waals surface area contributed by atoms with Gasteiger partial charge in [0.2, 0.25) is 0 Å². The third-order valence-corrected chi connectivity index (χ3v) is 7.48. The molecular weight excluding hydrogens is 454 g/mol. The highest BCUT2D eigenvalue weighted by Crippen LogP contribution is 2.37. The Labute approximate surface area is 223 Å². The Kier molecular flexibility index (Phi) is 6.50. The molecule has 4 nitrogen and oxygen atoms in total. The largest absolute Gasteiger partial charge is 0.364 e. The van der Waals surface area contributed by atoms with Crippen LogP contribution in [-0.4, -0.2) is 26.9 Å². The molecule has 4 rings (SSSR count). The summed E-state index contributed by atoms with van der Waals surface area (Å²) >= 11 is 0. The van der Waals surface area contributed by atoms with Crippen LogP contribution in [0.25, 0.3) is 10.8 Å². The van der Waals surface area contributed by atoms with Gasteiger partial charge in [-0.25, -0.2) is 4.98 Å². The van der Waals surface area contributed by atoms with E-state index in [1.807, 2.05) is 11.1 Å². The number of carbonyl (C=O) groups excluding carboxylic acids is 1. The minimum atomic E-state index is -0.316. The molecule has 4 heteroatoms. The van der Waals surface area contributed by atoms with Crippen LogP contribution in [0.2, 0.25) is 0 Å². The molecule has 0 radical (unpaired) electrons. The summed E-state index contributed by atoms with van der Waals surface area (Å²) < 4.78 is 0. The number of rotatable bonds is 4. The summed E-state index contributed by atoms with van der Waals surface area (Å²) in [5.74, 6) is 1.03. The van der Waals surface area contributed by atoms with Crippen LogP contribution in [0.5, 0.6) is 0 Å². The standard InChI is InChI=1S/C33H45N3O/c1-30(2,3)24-12-13-26-21(16-24)14-15-34-28(26)35-33(10,11)19-22-17-25(31(4,5)6)18-23-20-36(32(7,8)9)29(37)27(22)23/h12-18H,19-20H2,1-11H3,(H,34,35). The van der Waals surface area contributed by atoms with Crippen molar-refractivity contribution in [2.24, 2.45) is 0 Å². The predicted molar refractivity (Wildman–Crippen MR) is 157 cm³/mol. The Balaban J connectivity index is 1.72. The van der Waals surface area contributed by atoms with Gasteiger partial charge in [0, 0.05) is 34.8 Å². The normalized spacial score (nSPS) is 14.9. The summed E-state index contributed by atoms with van der Waals surface area (Å²) in [6.07, 6.45) is 2.61. The Morgan fingerprint density at radius 2 is 1.49 bits per heavy atom. The zero-order chi connectivity index (χ0) is 27.6. The van der Waals surface area contributed by atoms with Crippen LogP contribution in [0, 0.1) is 0 Å². The molecule has 198 valence electrons. The first kappa shape index (κ1) is 27.2. The Hall–Kier alpha value is -2.88. The number of nitrogens with one attached hydrogen (secondary N) is 1. The third kappa shape index (κ3) is 5.54. The van der Waals surface area contributed by atoms with E-state index in [-0.39, 0.29) is 27.8 Å². The Morgan fingerprint density at radius 1 is 0.838 bits per heavy atom. The first-order chi connectivity index (χ1) is 16.9.